The average molecular weight is 266 g/mol. The quantitative estimate of drug-likeness (QED) is 0.624. The third-order valence-corrected chi connectivity index (χ3v) is 3.58. The van der Waals surface area contributed by atoms with Crippen molar-refractivity contribution < 1.29 is 0 Å². The van der Waals surface area contributed by atoms with Crippen molar-refractivity contribution in [3.63, 3.8) is 0 Å². The maximum Gasteiger partial charge on any atom is 0.0633 e. The normalized spacial score (nSPS) is 13.4. The molecule has 20 heavy (non-hydrogen) atoms. The number of hydrogen-bond acceptors (Lipinski definition) is 2. The molecule has 0 aliphatic carbocycles. The molecule has 0 saturated carbocycles. The predicted molar refractivity (Wildman–Crippen MR) is 89.3 cm³/mol. The van der Waals surface area contributed by atoms with Crippen LogP contribution in [0, 0.1) is 0 Å². The zero-order chi connectivity index (χ0) is 14.7. The van der Waals surface area contributed by atoms with Gasteiger partial charge in [-0.2, -0.15) is 0 Å². The molecule has 0 amide bonds. The molecule has 1 aromatic carbocycles. The first kappa shape index (κ1) is 14.3. The summed E-state index contributed by atoms with van der Waals surface area (Å²) in [5.74, 6) is 0. The van der Waals surface area contributed by atoms with E-state index in [9.17, 15) is 0 Å². The van der Waals surface area contributed by atoms with E-state index in [0.29, 0.717) is 0 Å². The van der Waals surface area contributed by atoms with Crippen LogP contribution in [0.15, 0.2) is 53.6 Å². The fraction of sp³-hybridized carbons (Fsp3) is 0.278. The van der Waals surface area contributed by atoms with Crippen molar-refractivity contribution in [2.45, 2.75) is 27.2 Å². The van der Waals surface area contributed by atoms with Crippen molar-refractivity contribution in [1.82, 2.24) is 0 Å². The molecule has 1 aromatic rings. The van der Waals surface area contributed by atoms with Gasteiger partial charge in [0, 0.05) is 17.9 Å². The molecule has 0 aromatic heterocycles. The Hall–Kier alpha value is -2.09. The fourth-order valence-corrected chi connectivity index (χ4v) is 2.53. The van der Waals surface area contributed by atoms with Gasteiger partial charge < -0.3 is 5.32 Å². The van der Waals surface area contributed by atoms with Crippen LogP contribution < -0.4 is 5.32 Å². The highest BCUT2D eigenvalue weighted by Gasteiger charge is 2.11. The lowest BCUT2D eigenvalue weighted by molar-refractivity contribution is 1.10. The van der Waals surface area contributed by atoms with E-state index in [1.165, 1.54) is 16.8 Å². The summed E-state index contributed by atoms with van der Waals surface area (Å²) in [5.41, 5.74) is 7.74. The molecular weight excluding hydrogens is 244 g/mol. The van der Waals surface area contributed by atoms with Gasteiger partial charge in [-0.05, 0) is 56.0 Å². The number of anilines is 1. The lowest BCUT2D eigenvalue weighted by Gasteiger charge is -2.08. The van der Waals surface area contributed by atoms with Gasteiger partial charge in [0.25, 0.3) is 0 Å². The first-order valence-electron chi connectivity index (χ1n) is 6.94. The summed E-state index contributed by atoms with van der Waals surface area (Å²) in [5, 5.41) is 3.36. The third-order valence-electron chi connectivity index (χ3n) is 3.58. The van der Waals surface area contributed by atoms with E-state index < -0.39 is 0 Å². The van der Waals surface area contributed by atoms with Crippen LogP contribution in [0.4, 0.5) is 5.69 Å². The number of fused-ring (bicyclic) bond motifs is 1. The minimum Gasteiger partial charge on any atom is -0.384 e. The maximum absolute atomic E-state index is 4.64. The van der Waals surface area contributed by atoms with Crippen molar-refractivity contribution in [2.75, 3.05) is 11.9 Å². The molecule has 1 heterocycles. The fourth-order valence-electron chi connectivity index (χ4n) is 2.53. The number of hydrogen-bond donors (Lipinski definition) is 1. The van der Waals surface area contributed by atoms with Gasteiger partial charge in [0.05, 0.1) is 5.70 Å². The Morgan fingerprint density at radius 2 is 2.05 bits per heavy atom. The van der Waals surface area contributed by atoms with Gasteiger partial charge in [-0.3, -0.25) is 4.99 Å². The zero-order valence-corrected chi connectivity index (χ0v) is 12.6. The molecule has 2 rings (SSSR count). The molecule has 104 valence electrons. The molecule has 0 atom stereocenters. The standard InChI is InChI=1S/C18H22N2/c1-6-17(12(2)3)14(5)20-13(4)15-7-8-18-16(11-15)9-10-19-18/h6-8,11,19H,1,4,9-10H2,2-3,5H3. The highest BCUT2D eigenvalue weighted by molar-refractivity contribution is 6.03. The van der Waals surface area contributed by atoms with Gasteiger partial charge in [0.2, 0.25) is 0 Å². The Morgan fingerprint density at radius 3 is 2.70 bits per heavy atom. The summed E-state index contributed by atoms with van der Waals surface area (Å²) in [7, 11) is 0. The Bertz CT molecular complexity index is 614. The molecule has 1 N–H and O–H groups in total. The predicted octanol–water partition coefficient (Wildman–Crippen LogP) is 4.61. The molecule has 0 fully saturated rings. The van der Waals surface area contributed by atoms with Gasteiger partial charge in [0.1, 0.15) is 0 Å². The summed E-state index contributed by atoms with van der Waals surface area (Å²) in [6, 6.07) is 6.37. The summed E-state index contributed by atoms with van der Waals surface area (Å²) < 4.78 is 0. The average Bonchev–Trinajstić information content (AvgIpc) is 2.85. The lowest BCUT2D eigenvalue weighted by Crippen LogP contribution is -1.97. The van der Waals surface area contributed by atoms with Crippen LogP contribution in [-0.2, 0) is 6.42 Å². The van der Waals surface area contributed by atoms with E-state index in [2.05, 4.69) is 55.5 Å². The highest BCUT2D eigenvalue weighted by Crippen LogP contribution is 2.26. The Kier molecular flexibility index (Phi) is 4.23. The molecule has 0 saturated heterocycles. The van der Waals surface area contributed by atoms with Crippen molar-refractivity contribution >= 4 is 17.1 Å². The van der Waals surface area contributed by atoms with Gasteiger partial charge in [0.15, 0.2) is 0 Å². The second-order valence-corrected chi connectivity index (χ2v) is 5.31. The molecular formula is C18H22N2. The Labute approximate surface area is 121 Å². The molecule has 0 spiro atoms. The van der Waals surface area contributed by atoms with E-state index in [1.807, 2.05) is 13.0 Å². The van der Waals surface area contributed by atoms with Crippen LogP contribution in [0.5, 0.6) is 0 Å². The number of allylic oxidation sites excluding steroid dienone is 3. The minimum atomic E-state index is 0.804. The number of aliphatic imine (C=N–C) groups is 1. The molecule has 0 bridgehead atoms. The van der Waals surface area contributed by atoms with Crippen LogP contribution in [0.25, 0.3) is 5.70 Å². The smallest absolute Gasteiger partial charge is 0.0633 e. The van der Waals surface area contributed by atoms with Gasteiger partial charge in [-0.1, -0.05) is 30.9 Å². The lowest BCUT2D eigenvalue weighted by atomic mass is 10.0. The summed E-state index contributed by atoms with van der Waals surface area (Å²) >= 11 is 0. The van der Waals surface area contributed by atoms with Crippen LogP contribution >= 0.6 is 0 Å². The number of nitrogens with zero attached hydrogens (tertiary/aromatic N) is 1. The summed E-state index contributed by atoms with van der Waals surface area (Å²) in [6.45, 7) is 15.1. The molecule has 0 radical (unpaired) electrons. The monoisotopic (exact) mass is 266 g/mol. The van der Waals surface area contributed by atoms with E-state index in [-0.39, 0.29) is 0 Å². The number of benzene rings is 1. The topological polar surface area (TPSA) is 24.4 Å². The van der Waals surface area contributed by atoms with Crippen LogP contribution in [0.1, 0.15) is 31.9 Å². The van der Waals surface area contributed by atoms with Crippen molar-refractivity contribution in [1.29, 1.82) is 0 Å². The van der Waals surface area contributed by atoms with Crippen molar-refractivity contribution in [2.24, 2.45) is 4.99 Å². The van der Waals surface area contributed by atoms with Gasteiger partial charge >= 0.3 is 0 Å². The Morgan fingerprint density at radius 1 is 1.30 bits per heavy atom. The van der Waals surface area contributed by atoms with Gasteiger partial charge in [-0.25, -0.2) is 0 Å². The molecule has 2 heteroatoms. The molecule has 1 aliphatic rings. The van der Waals surface area contributed by atoms with E-state index >= 15 is 0 Å². The molecule has 2 nitrogen and oxygen atoms in total. The van der Waals surface area contributed by atoms with Crippen LogP contribution in [0.2, 0.25) is 0 Å². The summed E-state index contributed by atoms with van der Waals surface area (Å²) in [6.07, 6.45) is 2.93. The molecule has 1 aliphatic heterocycles. The number of nitrogens with one attached hydrogen (secondary N) is 1. The van der Waals surface area contributed by atoms with E-state index in [4.69, 9.17) is 0 Å². The molecule has 0 unspecified atom stereocenters. The van der Waals surface area contributed by atoms with Crippen LogP contribution in [0.3, 0.4) is 0 Å². The largest absolute Gasteiger partial charge is 0.384 e. The van der Waals surface area contributed by atoms with Crippen molar-refractivity contribution in [3.8, 4) is 0 Å². The summed E-state index contributed by atoms with van der Waals surface area (Å²) in [4.78, 5) is 4.64. The number of rotatable bonds is 4. The first-order chi connectivity index (χ1) is 9.52. The maximum atomic E-state index is 4.64. The van der Waals surface area contributed by atoms with Gasteiger partial charge in [-0.15, -0.1) is 0 Å². The SMILES string of the molecule is C=CC(C(C)=NC(=C)c1ccc2c(c1)CCN2)=C(C)C. The van der Waals surface area contributed by atoms with E-state index in [1.54, 1.807) is 0 Å². The zero-order valence-electron chi connectivity index (χ0n) is 12.6. The second kappa shape index (κ2) is 5.91. The second-order valence-electron chi connectivity index (χ2n) is 5.31. The van der Waals surface area contributed by atoms with E-state index in [0.717, 1.165) is 35.5 Å². The first-order valence-corrected chi connectivity index (χ1v) is 6.94. The third kappa shape index (κ3) is 2.90. The van der Waals surface area contributed by atoms with Crippen molar-refractivity contribution in [3.05, 3.63) is 59.7 Å². The Balaban J connectivity index is 2.28. The van der Waals surface area contributed by atoms with Crippen LogP contribution in [-0.4, -0.2) is 12.3 Å². The highest BCUT2D eigenvalue weighted by atomic mass is 14.9. The minimum absolute atomic E-state index is 0.804.